The fourth-order valence-corrected chi connectivity index (χ4v) is 4.50. The molecule has 20 heavy (non-hydrogen) atoms. The van der Waals surface area contributed by atoms with Crippen LogP contribution >= 0.6 is 15.9 Å². The van der Waals surface area contributed by atoms with Gasteiger partial charge in [-0.25, -0.2) is 8.42 Å². The second kappa shape index (κ2) is 6.22. The molecule has 2 rings (SSSR count). The first kappa shape index (κ1) is 15.4. The number of hydrogen-bond acceptors (Lipinski definition) is 4. The summed E-state index contributed by atoms with van der Waals surface area (Å²) in [6.07, 6.45) is 4.44. The van der Waals surface area contributed by atoms with Gasteiger partial charge in [0.2, 0.25) is 0 Å². The lowest BCUT2D eigenvalue weighted by Gasteiger charge is -2.28. The van der Waals surface area contributed by atoms with E-state index in [2.05, 4.69) is 20.9 Å². The highest BCUT2D eigenvalue weighted by molar-refractivity contribution is 9.10. The molecule has 1 saturated heterocycles. The van der Waals surface area contributed by atoms with Crippen LogP contribution in [0.25, 0.3) is 0 Å². The van der Waals surface area contributed by atoms with Crippen molar-refractivity contribution in [2.45, 2.75) is 25.8 Å². The molecular formula is C13H17BrN2O3S. The molecule has 1 atom stereocenters. The summed E-state index contributed by atoms with van der Waals surface area (Å²) in [5.41, 5.74) is 0.483. The summed E-state index contributed by atoms with van der Waals surface area (Å²) < 4.78 is 23.9. The van der Waals surface area contributed by atoms with Crippen molar-refractivity contribution in [1.82, 2.24) is 9.88 Å². The summed E-state index contributed by atoms with van der Waals surface area (Å²) in [5.74, 6) is 0.0879. The molecule has 7 heteroatoms. The maximum absolute atomic E-state index is 12.6. The predicted octanol–water partition coefficient (Wildman–Crippen LogP) is 1.88. The topological polar surface area (TPSA) is 67.3 Å². The molecule has 0 unspecified atom stereocenters. The summed E-state index contributed by atoms with van der Waals surface area (Å²) in [5, 5.41) is 0. The predicted molar refractivity (Wildman–Crippen MR) is 80.3 cm³/mol. The minimum absolute atomic E-state index is 0.0696. The van der Waals surface area contributed by atoms with Crippen LogP contribution in [-0.4, -0.2) is 48.3 Å². The average Bonchev–Trinajstić information content (AvgIpc) is 2.75. The van der Waals surface area contributed by atoms with Crippen LogP contribution in [0.3, 0.4) is 0 Å². The van der Waals surface area contributed by atoms with Gasteiger partial charge in [0, 0.05) is 29.5 Å². The Hall–Kier alpha value is -0.950. The molecular weight excluding hydrogens is 344 g/mol. The van der Waals surface area contributed by atoms with E-state index in [1.165, 1.54) is 6.20 Å². The number of pyridine rings is 1. The largest absolute Gasteiger partial charge is 0.335 e. The summed E-state index contributed by atoms with van der Waals surface area (Å²) in [4.78, 5) is 18.2. The molecule has 1 aliphatic heterocycles. The number of carbonyl (C=O) groups excluding carboxylic acids is 1. The molecule has 1 aromatic heterocycles. The Morgan fingerprint density at radius 2 is 2.25 bits per heavy atom. The highest BCUT2D eigenvalue weighted by atomic mass is 79.9. The molecule has 0 N–H and O–H groups in total. The number of hydrogen-bond donors (Lipinski definition) is 0. The minimum Gasteiger partial charge on any atom is -0.335 e. The van der Waals surface area contributed by atoms with E-state index in [0.29, 0.717) is 18.5 Å². The molecule has 1 fully saturated rings. The molecule has 110 valence electrons. The summed E-state index contributed by atoms with van der Waals surface area (Å²) >= 11 is 3.29. The maximum Gasteiger partial charge on any atom is 0.255 e. The Balaban J connectivity index is 2.22. The second-order valence-corrected chi connectivity index (χ2v) is 8.09. The van der Waals surface area contributed by atoms with Gasteiger partial charge in [-0.15, -0.1) is 0 Å². The second-order valence-electron chi connectivity index (χ2n) is 4.95. The standard InChI is InChI=1S/C13H17BrN2O3S/c1-2-4-16(12-3-5-20(18,19)9-12)13(17)10-6-11(14)8-15-7-10/h6-8,12H,2-5,9H2,1H3/t12-/m1/s1. The van der Waals surface area contributed by atoms with Gasteiger partial charge in [-0.3, -0.25) is 9.78 Å². The molecule has 0 aromatic carbocycles. The summed E-state index contributed by atoms with van der Waals surface area (Å²) in [6, 6.07) is 1.49. The molecule has 0 radical (unpaired) electrons. The van der Waals surface area contributed by atoms with Crippen LogP contribution in [0.4, 0.5) is 0 Å². The van der Waals surface area contributed by atoms with Crippen LogP contribution in [-0.2, 0) is 9.84 Å². The van der Waals surface area contributed by atoms with Crippen molar-refractivity contribution < 1.29 is 13.2 Å². The highest BCUT2D eigenvalue weighted by Gasteiger charge is 2.34. The van der Waals surface area contributed by atoms with Crippen molar-refractivity contribution >= 4 is 31.7 Å². The summed E-state index contributed by atoms with van der Waals surface area (Å²) in [7, 11) is -3.00. The van der Waals surface area contributed by atoms with Crippen molar-refractivity contribution in [2.24, 2.45) is 0 Å². The fraction of sp³-hybridized carbons (Fsp3) is 0.538. The zero-order valence-corrected chi connectivity index (χ0v) is 13.7. The smallest absolute Gasteiger partial charge is 0.255 e. The van der Waals surface area contributed by atoms with Gasteiger partial charge in [-0.05, 0) is 34.8 Å². The van der Waals surface area contributed by atoms with Crippen molar-refractivity contribution in [3.05, 3.63) is 28.5 Å². The van der Waals surface area contributed by atoms with Crippen LogP contribution in [0.2, 0.25) is 0 Å². The Labute approximate surface area is 127 Å². The number of carbonyl (C=O) groups is 1. The normalized spacial score (nSPS) is 20.8. The minimum atomic E-state index is -3.00. The molecule has 2 heterocycles. The van der Waals surface area contributed by atoms with Gasteiger partial charge in [0.1, 0.15) is 0 Å². The van der Waals surface area contributed by atoms with Gasteiger partial charge < -0.3 is 4.90 Å². The molecule has 1 aliphatic rings. The molecule has 0 saturated carbocycles. The van der Waals surface area contributed by atoms with Gasteiger partial charge >= 0.3 is 0 Å². The Morgan fingerprint density at radius 3 is 2.80 bits per heavy atom. The molecule has 1 amide bonds. The van der Waals surface area contributed by atoms with Crippen molar-refractivity contribution in [3.8, 4) is 0 Å². The first-order valence-corrected chi connectivity index (χ1v) is 9.16. The summed E-state index contributed by atoms with van der Waals surface area (Å²) in [6.45, 7) is 2.54. The van der Waals surface area contributed by atoms with E-state index in [9.17, 15) is 13.2 Å². The first-order valence-electron chi connectivity index (χ1n) is 6.55. The van der Waals surface area contributed by atoms with Crippen molar-refractivity contribution in [3.63, 3.8) is 0 Å². The Kier molecular flexibility index (Phi) is 4.80. The number of nitrogens with zero attached hydrogens (tertiary/aromatic N) is 2. The van der Waals surface area contributed by atoms with Crippen LogP contribution in [0.15, 0.2) is 22.9 Å². The van der Waals surface area contributed by atoms with Gasteiger partial charge in [0.05, 0.1) is 17.1 Å². The van der Waals surface area contributed by atoms with Crippen molar-refractivity contribution in [2.75, 3.05) is 18.1 Å². The van der Waals surface area contributed by atoms with Gasteiger partial charge in [0.15, 0.2) is 9.84 Å². The number of halogens is 1. The monoisotopic (exact) mass is 360 g/mol. The number of sulfone groups is 1. The van der Waals surface area contributed by atoms with Gasteiger partial charge in [-0.2, -0.15) is 0 Å². The van der Waals surface area contributed by atoms with Crippen LogP contribution < -0.4 is 0 Å². The first-order chi connectivity index (χ1) is 9.43. The third-order valence-corrected chi connectivity index (χ3v) is 5.51. The Bertz CT molecular complexity index is 603. The van der Waals surface area contributed by atoms with E-state index in [-0.39, 0.29) is 23.5 Å². The average molecular weight is 361 g/mol. The van der Waals surface area contributed by atoms with Gasteiger partial charge in [-0.1, -0.05) is 6.92 Å². The third-order valence-electron chi connectivity index (χ3n) is 3.33. The van der Waals surface area contributed by atoms with E-state index < -0.39 is 9.84 Å². The van der Waals surface area contributed by atoms with E-state index in [4.69, 9.17) is 0 Å². The molecule has 0 spiro atoms. The van der Waals surface area contributed by atoms with E-state index >= 15 is 0 Å². The van der Waals surface area contributed by atoms with E-state index in [1.807, 2.05) is 6.92 Å². The fourth-order valence-electron chi connectivity index (χ4n) is 2.41. The van der Waals surface area contributed by atoms with E-state index in [1.54, 1.807) is 17.2 Å². The van der Waals surface area contributed by atoms with Crippen molar-refractivity contribution in [1.29, 1.82) is 0 Å². The Morgan fingerprint density at radius 1 is 1.50 bits per heavy atom. The van der Waals surface area contributed by atoms with Crippen LogP contribution in [0.1, 0.15) is 30.1 Å². The number of amides is 1. The van der Waals surface area contributed by atoms with Crippen LogP contribution in [0.5, 0.6) is 0 Å². The number of rotatable bonds is 4. The van der Waals surface area contributed by atoms with Crippen LogP contribution in [0, 0.1) is 0 Å². The molecule has 1 aromatic rings. The molecule has 0 bridgehead atoms. The SMILES string of the molecule is CCCN(C(=O)c1cncc(Br)c1)[C@@H]1CCS(=O)(=O)C1. The quantitative estimate of drug-likeness (QED) is 0.821. The molecule has 0 aliphatic carbocycles. The highest BCUT2D eigenvalue weighted by Crippen LogP contribution is 2.21. The van der Waals surface area contributed by atoms with E-state index in [0.717, 1.165) is 10.9 Å². The zero-order valence-electron chi connectivity index (χ0n) is 11.3. The molecule has 5 nitrogen and oxygen atoms in total. The lowest BCUT2D eigenvalue weighted by Crippen LogP contribution is -2.41. The lowest BCUT2D eigenvalue weighted by molar-refractivity contribution is 0.0696. The van der Waals surface area contributed by atoms with Gasteiger partial charge in [0.25, 0.3) is 5.91 Å². The number of aromatic nitrogens is 1. The lowest BCUT2D eigenvalue weighted by atomic mass is 10.1. The zero-order chi connectivity index (χ0) is 14.8. The maximum atomic E-state index is 12.6. The third kappa shape index (κ3) is 3.58.